The highest BCUT2D eigenvalue weighted by atomic mass is 35.5. The van der Waals surface area contributed by atoms with Crippen LogP contribution in [0.25, 0.3) is 5.78 Å². The van der Waals surface area contributed by atoms with Crippen LogP contribution < -0.4 is 0 Å². The van der Waals surface area contributed by atoms with Crippen molar-refractivity contribution in [1.82, 2.24) is 14.4 Å². The van der Waals surface area contributed by atoms with Crippen LogP contribution in [0.2, 0.25) is 0 Å². The van der Waals surface area contributed by atoms with Gasteiger partial charge in [-0.2, -0.15) is 0 Å². The van der Waals surface area contributed by atoms with Gasteiger partial charge >= 0.3 is 0 Å². The van der Waals surface area contributed by atoms with E-state index in [4.69, 9.17) is 11.6 Å². The summed E-state index contributed by atoms with van der Waals surface area (Å²) in [5.41, 5.74) is 0.218. The third-order valence-corrected chi connectivity index (χ3v) is 1.63. The van der Waals surface area contributed by atoms with Crippen molar-refractivity contribution in [1.29, 1.82) is 0 Å². The molecule has 60 valence electrons. The Morgan fingerprint density at radius 2 is 2.42 bits per heavy atom. The predicted molar refractivity (Wildman–Crippen MR) is 43.2 cm³/mol. The zero-order chi connectivity index (χ0) is 8.55. The molecule has 2 heterocycles. The standard InChI is InChI=1S/C7H4ClN3O/c8-6(12)5-4-11-3-1-2-9-7(11)10-5/h1-4H. The van der Waals surface area contributed by atoms with E-state index < -0.39 is 5.24 Å². The van der Waals surface area contributed by atoms with Gasteiger partial charge in [0.2, 0.25) is 5.78 Å². The van der Waals surface area contributed by atoms with Gasteiger partial charge in [-0.05, 0) is 17.7 Å². The topological polar surface area (TPSA) is 47.3 Å². The molecule has 0 atom stereocenters. The first-order chi connectivity index (χ1) is 5.77. The molecule has 0 radical (unpaired) electrons. The molecule has 2 aromatic heterocycles. The van der Waals surface area contributed by atoms with Crippen LogP contribution >= 0.6 is 11.6 Å². The maximum Gasteiger partial charge on any atom is 0.272 e. The van der Waals surface area contributed by atoms with Gasteiger partial charge in [0.15, 0.2) is 0 Å². The van der Waals surface area contributed by atoms with Crippen LogP contribution in [0.5, 0.6) is 0 Å². The minimum absolute atomic E-state index is 0.218. The Bertz CT molecular complexity index is 404. The highest BCUT2D eigenvalue weighted by molar-refractivity contribution is 6.67. The lowest BCUT2D eigenvalue weighted by Crippen LogP contribution is -1.86. The normalized spacial score (nSPS) is 10.4. The summed E-state index contributed by atoms with van der Waals surface area (Å²) in [5, 5.41) is -0.569. The molecule has 5 heteroatoms. The monoisotopic (exact) mass is 181 g/mol. The van der Waals surface area contributed by atoms with Crippen molar-refractivity contribution in [2.45, 2.75) is 0 Å². The molecule has 12 heavy (non-hydrogen) atoms. The summed E-state index contributed by atoms with van der Waals surface area (Å²) < 4.78 is 1.63. The maximum atomic E-state index is 10.7. The Kier molecular flexibility index (Phi) is 1.55. The second kappa shape index (κ2) is 2.57. The zero-order valence-electron chi connectivity index (χ0n) is 5.94. The lowest BCUT2D eigenvalue weighted by molar-refractivity contribution is 0.107. The molecular formula is C7H4ClN3O. The van der Waals surface area contributed by atoms with Crippen molar-refractivity contribution in [3.8, 4) is 0 Å². The summed E-state index contributed by atoms with van der Waals surface area (Å²) >= 11 is 5.23. The summed E-state index contributed by atoms with van der Waals surface area (Å²) in [6.07, 6.45) is 4.89. The van der Waals surface area contributed by atoms with Gasteiger partial charge in [-0.3, -0.25) is 9.20 Å². The number of aromatic nitrogens is 3. The molecule has 0 saturated heterocycles. The lowest BCUT2D eigenvalue weighted by Gasteiger charge is -1.85. The van der Waals surface area contributed by atoms with E-state index in [0.717, 1.165) is 0 Å². The van der Waals surface area contributed by atoms with E-state index in [1.807, 2.05) is 0 Å². The Morgan fingerprint density at radius 3 is 3.08 bits per heavy atom. The van der Waals surface area contributed by atoms with Crippen molar-refractivity contribution in [3.63, 3.8) is 0 Å². The van der Waals surface area contributed by atoms with Crippen LogP contribution in [0.15, 0.2) is 24.7 Å². The molecule has 0 fully saturated rings. The van der Waals surface area contributed by atoms with Gasteiger partial charge in [-0.1, -0.05) is 0 Å². The molecule has 0 unspecified atom stereocenters. The summed E-state index contributed by atoms with van der Waals surface area (Å²) in [7, 11) is 0. The molecule has 0 aromatic carbocycles. The summed E-state index contributed by atoms with van der Waals surface area (Å²) in [6, 6.07) is 1.75. The highest BCUT2D eigenvalue weighted by Gasteiger charge is 2.06. The average Bonchev–Trinajstić information content (AvgIpc) is 2.46. The minimum Gasteiger partial charge on any atom is -0.290 e. The van der Waals surface area contributed by atoms with Crippen LogP contribution in [0.4, 0.5) is 0 Å². The van der Waals surface area contributed by atoms with Crippen molar-refractivity contribution < 1.29 is 4.79 Å². The third-order valence-electron chi connectivity index (χ3n) is 1.44. The molecule has 0 N–H and O–H groups in total. The fraction of sp³-hybridized carbons (Fsp3) is 0. The zero-order valence-corrected chi connectivity index (χ0v) is 6.69. The van der Waals surface area contributed by atoms with Crippen LogP contribution in [0.1, 0.15) is 10.5 Å². The van der Waals surface area contributed by atoms with E-state index in [2.05, 4.69) is 9.97 Å². The smallest absolute Gasteiger partial charge is 0.272 e. The molecule has 4 nitrogen and oxygen atoms in total. The van der Waals surface area contributed by atoms with Crippen LogP contribution in [0.3, 0.4) is 0 Å². The lowest BCUT2D eigenvalue weighted by atomic mass is 10.5. The number of nitrogens with zero attached hydrogens (tertiary/aromatic N) is 3. The second-order valence-corrected chi connectivity index (χ2v) is 2.57. The molecule has 2 rings (SSSR count). The number of carbonyl (C=O) groups is 1. The number of fused-ring (bicyclic) bond motifs is 1. The van der Waals surface area contributed by atoms with E-state index in [-0.39, 0.29) is 5.69 Å². The first-order valence-electron chi connectivity index (χ1n) is 3.27. The van der Waals surface area contributed by atoms with Crippen LogP contribution in [0, 0.1) is 0 Å². The molecule has 0 amide bonds. The van der Waals surface area contributed by atoms with Gasteiger partial charge < -0.3 is 0 Å². The van der Waals surface area contributed by atoms with Gasteiger partial charge in [-0.15, -0.1) is 0 Å². The Hall–Kier alpha value is -1.42. The number of rotatable bonds is 1. The molecule has 0 aliphatic rings. The number of halogens is 1. The first-order valence-corrected chi connectivity index (χ1v) is 3.65. The fourth-order valence-corrected chi connectivity index (χ4v) is 1.02. The minimum atomic E-state index is -0.569. The highest BCUT2D eigenvalue weighted by Crippen LogP contribution is 2.03. The molecule has 0 aliphatic heterocycles. The largest absolute Gasteiger partial charge is 0.290 e. The van der Waals surface area contributed by atoms with Gasteiger partial charge in [0, 0.05) is 18.6 Å². The summed E-state index contributed by atoms with van der Waals surface area (Å²) in [6.45, 7) is 0. The average molecular weight is 182 g/mol. The van der Waals surface area contributed by atoms with Crippen molar-refractivity contribution >= 4 is 22.6 Å². The quantitative estimate of drug-likeness (QED) is 0.620. The molecule has 2 aromatic rings. The van der Waals surface area contributed by atoms with Crippen LogP contribution in [-0.2, 0) is 0 Å². The molecular weight excluding hydrogens is 178 g/mol. The SMILES string of the molecule is O=C(Cl)c1cn2cccnc2n1. The molecule has 0 saturated carbocycles. The van der Waals surface area contributed by atoms with Crippen molar-refractivity contribution in [3.05, 3.63) is 30.4 Å². The number of hydrogen-bond acceptors (Lipinski definition) is 3. The maximum absolute atomic E-state index is 10.7. The van der Waals surface area contributed by atoms with Crippen molar-refractivity contribution in [2.24, 2.45) is 0 Å². The van der Waals surface area contributed by atoms with Gasteiger partial charge in [-0.25, -0.2) is 9.97 Å². The Morgan fingerprint density at radius 1 is 1.58 bits per heavy atom. The number of hydrogen-bond donors (Lipinski definition) is 0. The summed E-state index contributed by atoms with van der Waals surface area (Å²) in [5.74, 6) is 0.474. The van der Waals surface area contributed by atoms with Gasteiger partial charge in [0.1, 0.15) is 5.69 Å². The van der Waals surface area contributed by atoms with Crippen molar-refractivity contribution in [2.75, 3.05) is 0 Å². The van der Waals surface area contributed by atoms with Gasteiger partial charge in [0.25, 0.3) is 5.24 Å². The van der Waals surface area contributed by atoms with E-state index in [0.29, 0.717) is 5.78 Å². The Labute approximate surface area is 72.8 Å². The van der Waals surface area contributed by atoms with Crippen LogP contribution in [-0.4, -0.2) is 19.6 Å². The number of imidazole rings is 1. The molecule has 0 aliphatic carbocycles. The Balaban J connectivity index is 2.70. The predicted octanol–water partition coefficient (Wildman–Crippen LogP) is 1.11. The number of carbonyl (C=O) groups excluding carboxylic acids is 1. The molecule has 0 spiro atoms. The summed E-state index contributed by atoms with van der Waals surface area (Å²) in [4.78, 5) is 18.5. The van der Waals surface area contributed by atoms with E-state index in [1.165, 1.54) is 6.20 Å². The third kappa shape index (κ3) is 1.06. The first kappa shape index (κ1) is 7.24. The molecule has 0 bridgehead atoms. The second-order valence-electron chi connectivity index (χ2n) is 2.23. The van der Waals surface area contributed by atoms with Gasteiger partial charge in [0.05, 0.1) is 0 Å². The fourth-order valence-electron chi connectivity index (χ4n) is 0.925. The van der Waals surface area contributed by atoms with E-state index in [9.17, 15) is 4.79 Å². The van der Waals surface area contributed by atoms with E-state index >= 15 is 0 Å². The van der Waals surface area contributed by atoms with E-state index in [1.54, 1.807) is 22.9 Å².